The SMILES string of the molecule is N#Cc1ccc([C@H]2CC[C@H]([C@H]3CC[C@H](C=CF)CC3)CC2)cc1. The lowest BCUT2D eigenvalue weighted by molar-refractivity contribution is 0.171. The number of hydrogen-bond donors (Lipinski definition) is 0. The summed E-state index contributed by atoms with van der Waals surface area (Å²) < 4.78 is 12.3. The average Bonchev–Trinajstić information content (AvgIpc) is 2.63. The van der Waals surface area contributed by atoms with Gasteiger partial charge in [0.2, 0.25) is 0 Å². The van der Waals surface area contributed by atoms with Crippen LogP contribution in [0.4, 0.5) is 4.39 Å². The maximum absolute atomic E-state index is 12.3. The van der Waals surface area contributed by atoms with Gasteiger partial charge in [-0.05, 0) is 92.7 Å². The molecule has 0 heterocycles. The van der Waals surface area contributed by atoms with Gasteiger partial charge in [-0.2, -0.15) is 5.26 Å². The van der Waals surface area contributed by atoms with E-state index in [-0.39, 0.29) is 0 Å². The summed E-state index contributed by atoms with van der Waals surface area (Å²) in [6.07, 6.45) is 12.6. The monoisotopic (exact) mass is 311 g/mol. The molecule has 0 aromatic heterocycles. The fourth-order valence-corrected chi connectivity index (χ4v) is 4.67. The van der Waals surface area contributed by atoms with E-state index in [0.717, 1.165) is 23.7 Å². The van der Waals surface area contributed by atoms with Gasteiger partial charge < -0.3 is 0 Å². The van der Waals surface area contributed by atoms with Gasteiger partial charge in [-0.15, -0.1) is 0 Å². The zero-order valence-corrected chi connectivity index (χ0v) is 13.8. The third-order valence-corrected chi connectivity index (χ3v) is 6.11. The third kappa shape index (κ3) is 4.02. The fraction of sp³-hybridized carbons (Fsp3) is 0.571. The molecule has 2 aliphatic carbocycles. The zero-order chi connectivity index (χ0) is 16.1. The highest BCUT2D eigenvalue weighted by molar-refractivity contribution is 5.33. The Morgan fingerprint density at radius 2 is 1.43 bits per heavy atom. The molecular formula is C21H26FN. The van der Waals surface area contributed by atoms with Crippen LogP contribution in [0.15, 0.2) is 36.7 Å². The van der Waals surface area contributed by atoms with Gasteiger partial charge in [-0.3, -0.25) is 0 Å². The highest BCUT2D eigenvalue weighted by atomic mass is 19.1. The van der Waals surface area contributed by atoms with E-state index in [1.165, 1.54) is 56.9 Å². The molecule has 0 radical (unpaired) electrons. The smallest absolute Gasteiger partial charge is 0.0991 e. The van der Waals surface area contributed by atoms with Crippen molar-refractivity contribution in [3.8, 4) is 6.07 Å². The number of allylic oxidation sites excluding steroid dienone is 1. The molecule has 0 aliphatic heterocycles. The van der Waals surface area contributed by atoms with Crippen LogP contribution in [0.5, 0.6) is 0 Å². The quantitative estimate of drug-likeness (QED) is 0.659. The first-order chi connectivity index (χ1) is 11.3. The summed E-state index contributed by atoms with van der Waals surface area (Å²) in [5.74, 6) is 2.89. The summed E-state index contributed by atoms with van der Waals surface area (Å²) in [6.45, 7) is 0. The van der Waals surface area contributed by atoms with E-state index in [1.807, 2.05) is 12.1 Å². The van der Waals surface area contributed by atoms with Crippen molar-refractivity contribution in [2.75, 3.05) is 0 Å². The molecule has 0 N–H and O–H groups in total. The predicted molar refractivity (Wildman–Crippen MR) is 91.6 cm³/mol. The minimum absolute atomic E-state index is 0.478. The highest BCUT2D eigenvalue weighted by Gasteiger charge is 2.30. The molecule has 0 bridgehead atoms. The average molecular weight is 311 g/mol. The van der Waals surface area contributed by atoms with Crippen LogP contribution in [0, 0.1) is 29.1 Å². The number of hydrogen-bond acceptors (Lipinski definition) is 1. The van der Waals surface area contributed by atoms with Crippen LogP contribution in [0.1, 0.15) is 68.4 Å². The van der Waals surface area contributed by atoms with Crippen LogP contribution in [-0.4, -0.2) is 0 Å². The molecule has 1 aromatic carbocycles. The Kier molecular flexibility index (Phi) is 5.49. The maximum atomic E-state index is 12.3. The van der Waals surface area contributed by atoms with E-state index in [2.05, 4.69) is 18.2 Å². The van der Waals surface area contributed by atoms with Crippen molar-refractivity contribution in [3.63, 3.8) is 0 Å². The molecule has 0 spiro atoms. The Morgan fingerprint density at radius 3 is 1.96 bits per heavy atom. The van der Waals surface area contributed by atoms with Crippen LogP contribution >= 0.6 is 0 Å². The highest BCUT2D eigenvalue weighted by Crippen LogP contribution is 2.44. The number of rotatable bonds is 3. The number of nitrogens with zero attached hydrogens (tertiary/aromatic N) is 1. The van der Waals surface area contributed by atoms with Crippen molar-refractivity contribution in [1.82, 2.24) is 0 Å². The molecule has 0 saturated heterocycles. The molecule has 2 aliphatic rings. The Bertz CT molecular complexity index is 552. The van der Waals surface area contributed by atoms with E-state index in [4.69, 9.17) is 5.26 Å². The fourth-order valence-electron chi connectivity index (χ4n) is 4.67. The van der Waals surface area contributed by atoms with Gasteiger partial charge in [0.15, 0.2) is 0 Å². The van der Waals surface area contributed by atoms with E-state index in [9.17, 15) is 4.39 Å². The van der Waals surface area contributed by atoms with E-state index >= 15 is 0 Å². The molecule has 1 nitrogen and oxygen atoms in total. The van der Waals surface area contributed by atoms with Crippen LogP contribution in [0.2, 0.25) is 0 Å². The van der Waals surface area contributed by atoms with Crippen LogP contribution in [-0.2, 0) is 0 Å². The molecular weight excluding hydrogens is 285 g/mol. The Balaban J connectivity index is 1.49. The van der Waals surface area contributed by atoms with Gasteiger partial charge in [0.25, 0.3) is 0 Å². The minimum atomic E-state index is 0.478. The van der Waals surface area contributed by atoms with Crippen molar-refractivity contribution in [3.05, 3.63) is 47.8 Å². The third-order valence-electron chi connectivity index (χ3n) is 6.11. The predicted octanol–water partition coefficient (Wildman–Crippen LogP) is 6.12. The molecule has 1 aromatic rings. The Labute approximate surface area is 139 Å². The van der Waals surface area contributed by atoms with Gasteiger partial charge in [0.05, 0.1) is 18.0 Å². The number of halogens is 1. The largest absolute Gasteiger partial charge is 0.216 e. The van der Waals surface area contributed by atoms with Crippen molar-refractivity contribution in [2.45, 2.75) is 57.3 Å². The summed E-state index contributed by atoms with van der Waals surface area (Å²) in [5, 5.41) is 8.90. The summed E-state index contributed by atoms with van der Waals surface area (Å²) in [6, 6.07) is 10.4. The molecule has 23 heavy (non-hydrogen) atoms. The first-order valence-corrected chi connectivity index (χ1v) is 9.07. The number of nitriles is 1. The summed E-state index contributed by atoms with van der Waals surface area (Å²) >= 11 is 0. The Morgan fingerprint density at radius 1 is 0.870 bits per heavy atom. The minimum Gasteiger partial charge on any atom is -0.216 e. The molecule has 0 unspecified atom stereocenters. The van der Waals surface area contributed by atoms with Gasteiger partial charge >= 0.3 is 0 Å². The van der Waals surface area contributed by atoms with Crippen LogP contribution in [0.25, 0.3) is 0 Å². The molecule has 0 atom stereocenters. The van der Waals surface area contributed by atoms with Gasteiger partial charge in [0.1, 0.15) is 0 Å². The van der Waals surface area contributed by atoms with Crippen molar-refractivity contribution in [1.29, 1.82) is 5.26 Å². The number of benzene rings is 1. The second kappa shape index (κ2) is 7.77. The van der Waals surface area contributed by atoms with Crippen molar-refractivity contribution < 1.29 is 4.39 Å². The molecule has 3 rings (SSSR count). The molecule has 2 saturated carbocycles. The Hall–Kier alpha value is -1.62. The standard InChI is InChI=1S/C21H26FN/c22-14-13-16-1-5-18(6-2-16)20-9-11-21(12-10-20)19-7-3-17(15-23)4-8-19/h3-4,7-8,13-14,16,18,20-21H,1-2,5-6,9-12H2/t16-,18-,20-,21-. The van der Waals surface area contributed by atoms with Gasteiger partial charge in [0, 0.05) is 0 Å². The summed E-state index contributed by atoms with van der Waals surface area (Å²) in [7, 11) is 0. The topological polar surface area (TPSA) is 23.8 Å². The van der Waals surface area contributed by atoms with E-state index < -0.39 is 0 Å². The van der Waals surface area contributed by atoms with E-state index in [1.54, 1.807) is 6.08 Å². The first-order valence-electron chi connectivity index (χ1n) is 9.07. The molecule has 122 valence electrons. The maximum Gasteiger partial charge on any atom is 0.0991 e. The van der Waals surface area contributed by atoms with E-state index in [0.29, 0.717) is 11.8 Å². The van der Waals surface area contributed by atoms with Crippen molar-refractivity contribution >= 4 is 0 Å². The normalized spacial score (nSPS) is 31.8. The van der Waals surface area contributed by atoms with Crippen molar-refractivity contribution in [2.24, 2.45) is 17.8 Å². The lowest BCUT2D eigenvalue weighted by Gasteiger charge is -2.37. The first kappa shape index (κ1) is 16.2. The second-order valence-electron chi connectivity index (χ2n) is 7.34. The summed E-state index contributed by atoms with van der Waals surface area (Å²) in [4.78, 5) is 0. The lowest BCUT2D eigenvalue weighted by Crippen LogP contribution is -2.25. The molecule has 2 heteroatoms. The lowest BCUT2D eigenvalue weighted by atomic mass is 9.68. The van der Waals surface area contributed by atoms with Gasteiger partial charge in [-0.25, -0.2) is 4.39 Å². The molecule has 0 amide bonds. The summed E-state index contributed by atoms with van der Waals surface area (Å²) in [5.41, 5.74) is 2.15. The van der Waals surface area contributed by atoms with Crippen LogP contribution in [0.3, 0.4) is 0 Å². The van der Waals surface area contributed by atoms with Gasteiger partial charge in [-0.1, -0.05) is 18.2 Å². The van der Waals surface area contributed by atoms with Crippen LogP contribution < -0.4 is 0 Å². The second-order valence-corrected chi connectivity index (χ2v) is 7.34. The zero-order valence-electron chi connectivity index (χ0n) is 13.8. The molecule has 2 fully saturated rings.